The van der Waals surface area contributed by atoms with Crippen molar-refractivity contribution in [3.8, 4) is 0 Å². The summed E-state index contributed by atoms with van der Waals surface area (Å²) in [7, 11) is 0. The number of likely N-dealkylation sites (tertiary alicyclic amines) is 1. The van der Waals surface area contributed by atoms with E-state index < -0.39 is 11.0 Å². The summed E-state index contributed by atoms with van der Waals surface area (Å²) >= 11 is 0. The lowest BCUT2D eigenvalue weighted by Gasteiger charge is -2.31. The van der Waals surface area contributed by atoms with Crippen LogP contribution < -0.4 is 5.73 Å². The van der Waals surface area contributed by atoms with Crippen LogP contribution in [0.5, 0.6) is 0 Å². The number of aliphatic hydroxyl groups excluding tert-OH is 1. The fourth-order valence-electron chi connectivity index (χ4n) is 2.60. The van der Waals surface area contributed by atoms with E-state index in [9.17, 15) is 20.0 Å². The number of hydrogen-bond donors (Lipinski definition) is 2. The number of piperidine rings is 1. The van der Waals surface area contributed by atoms with Crippen molar-refractivity contribution in [1.82, 2.24) is 4.90 Å². The molecule has 0 unspecified atom stereocenters. The summed E-state index contributed by atoms with van der Waals surface area (Å²) in [6, 6.07) is 6.03. The molecule has 21 heavy (non-hydrogen) atoms. The molecule has 7 nitrogen and oxygen atoms in total. The smallest absolute Gasteiger partial charge is 0.269 e. The highest BCUT2D eigenvalue weighted by Gasteiger charge is 2.24. The molecule has 1 aliphatic heterocycles. The van der Waals surface area contributed by atoms with Gasteiger partial charge in [0.15, 0.2) is 0 Å². The SMILES string of the molecule is NC(=O)C1CCN(C[C@@H](O)c2cccc([N+](=O)[O-])c2)CC1. The van der Waals surface area contributed by atoms with Gasteiger partial charge in [0.05, 0.1) is 11.0 Å². The van der Waals surface area contributed by atoms with E-state index in [1.165, 1.54) is 12.1 Å². The maximum absolute atomic E-state index is 11.1. The first-order valence-corrected chi connectivity index (χ1v) is 6.91. The second kappa shape index (κ2) is 6.64. The van der Waals surface area contributed by atoms with Gasteiger partial charge in [0.25, 0.3) is 5.69 Å². The Morgan fingerprint density at radius 3 is 2.71 bits per heavy atom. The minimum Gasteiger partial charge on any atom is -0.387 e. The molecule has 1 amide bonds. The summed E-state index contributed by atoms with van der Waals surface area (Å²) in [6.07, 6.45) is 0.601. The number of hydrogen-bond acceptors (Lipinski definition) is 5. The molecule has 0 bridgehead atoms. The lowest BCUT2D eigenvalue weighted by atomic mass is 9.96. The fourth-order valence-corrected chi connectivity index (χ4v) is 2.60. The molecule has 1 fully saturated rings. The van der Waals surface area contributed by atoms with E-state index in [-0.39, 0.29) is 17.5 Å². The number of primary amides is 1. The van der Waals surface area contributed by atoms with Crippen LogP contribution in [0.2, 0.25) is 0 Å². The van der Waals surface area contributed by atoms with Crippen LogP contribution in [0.4, 0.5) is 5.69 Å². The summed E-state index contributed by atoms with van der Waals surface area (Å²) in [5, 5.41) is 20.9. The van der Waals surface area contributed by atoms with Gasteiger partial charge in [0, 0.05) is 24.6 Å². The van der Waals surface area contributed by atoms with Gasteiger partial charge in [0.2, 0.25) is 5.91 Å². The Balaban J connectivity index is 1.93. The molecule has 7 heteroatoms. The second-order valence-corrected chi connectivity index (χ2v) is 5.35. The zero-order chi connectivity index (χ0) is 15.4. The number of aliphatic hydroxyl groups is 1. The number of nitrogens with two attached hydrogens (primary N) is 1. The van der Waals surface area contributed by atoms with Crippen LogP contribution in [0.1, 0.15) is 24.5 Å². The third-order valence-electron chi connectivity index (χ3n) is 3.89. The molecule has 3 N–H and O–H groups in total. The van der Waals surface area contributed by atoms with Gasteiger partial charge in [-0.2, -0.15) is 0 Å². The van der Waals surface area contributed by atoms with Crippen molar-refractivity contribution >= 4 is 11.6 Å². The van der Waals surface area contributed by atoms with Crippen molar-refractivity contribution in [1.29, 1.82) is 0 Å². The van der Waals surface area contributed by atoms with Gasteiger partial charge in [-0.05, 0) is 31.5 Å². The van der Waals surface area contributed by atoms with Gasteiger partial charge in [-0.15, -0.1) is 0 Å². The van der Waals surface area contributed by atoms with Crippen molar-refractivity contribution in [2.45, 2.75) is 18.9 Å². The third-order valence-corrected chi connectivity index (χ3v) is 3.89. The lowest BCUT2D eigenvalue weighted by Crippen LogP contribution is -2.40. The van der Waals surface area contributed by atoms with E-state index in [4.69, 9.17) is 5.73 Å². The number of carbonyl (C=O) groups is 1. The molecule has 2 rings (SSSR count). The van der Waals surface area contributed by atoms with Crippen LogP contribution in [0.15, 0.2) is 24.3 Å². The van der Waals surface area contributed by atoms with Crippen molar-refractivity contribution in [3.63, 3.8) is 0 Å². The quantitative estimate of drug-likeness (QED) is 0.617. The normalized spacial score (nSPS) is 18.3. The van der Waals surface area contributed by atoms with Gasteiger partial charge in [0.1, 0.15) is 0 Å². The van der Waals surface area contributed by atoms with E-state index in [1.54, 1.807) is 12.1 Å². The maximum atomic E-state index is 11.1. The first-order chi connectivity index (χ1) is 9.97. The third kappa shape index (κ3) is 3.99. The summed E-state index contributed by atoms with van der Waals surface area (Å²) in [5.41, 5.74) is 5.78. The summed E-state index contributed by atoms with van der Waals surface area (Å²) in [4.78, 5) is 23.4. The van der Waals surface area contributed by atoms with Crippen LogP contribution in [-0.4, -0.2) is 40.5 Å². The molecule has 1 aliphatic rings. The summed E-state index contributed by atoms with van der Waals surface area (Å²) < 4.78 is 0. The number of β-amino-alcohol motifs (C(OH)–C–C–N with tert-alkyl or cyclic N) is 1. The van der Waals surface area contributed by atoms with Gasteiger partial charge < -0.3 is 15.7 Å². The highest BCUT2D eigenvalue weighted by molar-refractivity contribution is 5.76. The molecule has 0 aliphatic carbocycles. The fraction of sp³-hybridized carbons (Fsp3) is 0.500. The molecule has 1 saturated heterocycles. The minimum atomic E-state index is -0.782. The number of nitrogens with zero attached hydrogens (tertiary/aromatic N) is 2. The van der Waals surface area contributed by atoms with E-state index in [0.29, 0.717) is 38.0 Å². The Hall–Kier alpha value is -1.99. The van der Waals surface area contributed by atoms with E-state index in [0.717, 1.165) is 0 Å². The van der Waals surface area contributed by atoms with Crippen LogP contribution in [-0.2, 0) is 4.79 Å². The average Bonchev–Trinajstić information content (AvgIpc) is 2.48. The molecule has 1 aromatic rings. The Morgan fingerprint density at radius 1 is 1.48 bits per heavy atom. The Labute approximate surface area is 122 Å². The number of nitro groups is 1. The molecule has 0 radical (unpaired) electrons. The number of amides is 1. The summed E-state index contributed by atoms with van der Waals surface area (Å²) in [5.74, 6) is -0.356. The highest BCUT2D eigenvalue weighted by Crippen LogP contribution is 2.23. The largest absolute Gasteiger partial charge is 0.387 e. The summed E-state index contributed by atoms with van der Waals surface area (Å²) in [6.45, 7) is 1.78. The van der Waals surface area contributed by atoms with E-state index >= 15 is 0 Å². The van der Waals surface area contributed by atoms with Gasteiger partial charge >= 0.3 is 0 Å². The van der Waals surface area contributed by atoms with Crippen LogP contribution in [0.3, 0.4) is 0 Å². The zero-order valence-corrected chi connectivity index (χ0v) is 11.6. The molecule has 114 valence electrons. The monoisotopic (exact) mass is 293 g/mol. The number of rotatable bonds is 5. The number of non-ortho nitro benzene ring substituents is 1. The van der Waals surface area contributed by atoms with Crippen molar-refractivity contribution in [3.05, 3.63) is 39.9 Å². The minimum absolute atomic E-state index is 0.0287. The average molecular weight is 293 g/mol. The molecule has 0 spiro atoms. The predicted octanol–water partition coefficient (Wildman–Crippen LogP) is 0.825. The van der Waals surface area contributed by atoms with E-state index in [1.807, 2.05) is 4.90 Å². The predicted molar refractivity (Wildman–Crippen MR) is 76.4 cm³/mol. The van der Waals surface area contributed by atoms with Crippen molar-refractivity contribution < 1.29 is 14.8 Å². The lowest BCUT2D eigenvalue weighted by molar-refractivity contribution is -0.385. The van der Waals surface area contributed by atoms with Gasteiger partial charge in [-0.1, -0.05) is 12.1 Å². The molecule has 0 saturated carbocycles. The van der Waals surface area contributed by atoms with Crippen LogP contribution in [0.25, 0.3) is 0 Å². The van der Waals surface area contributed by atoms with Crippen molar-refractivity contribution in [2.75, 3.05) is 19.6 Å². The first kappa shape index (κ1) is 15.4. The van der Waals surface area contributed by atoms with Crippen molar-refractivity contribution in [2.24, 2.45) is 11.7 Å². The number of benzene rings is 1. The van der Waals surface area contributed by atoms with Gasteiger partial charge in [-0.3, -0.25) is 14.9 Å². The topological polar surface area (TPSA) is 110 Å². The molecule has 1 atom stereocenters. The second-order valence-electron chi connectivity index (χ2n) is 5.35. The molecular weight excluding hydrogens is 274 g/mol. The van der Waals surface area contributed by atoms with Crippen LogP contribution in [0, 0.1) is 16.0 Å². The zero-order valence-electron chi connectivity index (χ0n) is 11.6. The van der Waals surface area contributed by atoms with E-state index in [2.05, 4.69) is 0 Å². The molecule has 0 aromatic heterocycles. The van der Waals surface area contributed by atoms with Crippen LogP contribution >= 0.6 is 0 Å². The number of nitro benzene ring substituents is 1. The van der Waals surface area contributed by atoms with Gasteiger partial charge in [-0.25, -0.2) is 0 Å². The Kier molecular flexibility index (Phi) is 4.87. The molecule has 1 aromatic carbocycles. The molecular formula is C14H19N3O4. The highest BCUT2D eigenvalue weighted by atomic mass is 16.6. The standard InChI is InChI=1S/C14H19N3O4/c15-14(19)10-4-6-16(7-5-10)9-13(18)11-2-1-3-12(8-11)17(20)21/h1-3,8,10,13,18H,4-7,9H2,(H2,15,19)/t13-/m1/s1. The Bertz CT molecular complexity index is 527. The number of carbonyl (C=O) groups excluding carboxylic acids is 1. The molecule has 1 heterocycles. The first-order valence-electron chi connectivity index (χ1n) is 6.91. The maximum Gasteiger partial charge on any atom is 0.269 e. The Morgan fingerprint density at radius 2 is 2.14 bits per heavy atom.